The van der Waals surface area contributed by atoms with Crippen LogP contribution in [0.25, 0.3) is 0 Å². The van der Waals surface area contributed by atoms with Crippen molar-refractivity contribution in [3.8, 4) is 0 Å². The van der Waals surface area contributed by atoms with Crippen molar-refractivity contribution >= 4 is 11.9 Å². The van der Waals surface area contributed by atoms with Crippen LogP contribution in [-0.2, 0) is 16.1 Å². The van der Waals surface area contributed by atoms with Crippen molar-refractivity contribution in [2.24, 2.45) is 5.41 Å². The van der Waals surface area contributed by atoms with Crippen molar-refractivity contribution in [1.29, 1.82) is 0 Å². The van der Waals surface area contributed by atoms with E-state index in [1.807, 2.05) is 26.8 Å². The Morgan fingerprint density at radius 2 is 2.10 bits per heavy atom. The van der Waals surface area contributed by atoms with Gasteiger partial charge in [-0.05, 0) is 6.07 Å². The number of rotatable bonds is 3. The maximum absolute atomic E-state index is 11.8. The molecule has 1 amide bonds. The summed E-state index contributed by atoms with van der Waals surface area (Å²) in [6.45, 7) is 9.11. The maximum Gasteiger partial charge on any atom is 0.225 e. The summed E-state index contributed by atoms with van der Waals surface area (Å²) in [4.78, 5) is 22.7. The predicted octanol–water partition coefficient (Wildman–Crippen LogP) is 0.975. The van der Waals surface area contributed by atoms with Crippen LogP contribution in [0.2, 0.25) is 0 Å². The number of nitrogens with one attached hydrogen (secondary N) is 1. The van der Waals surface area contributed by atoms with Gasteiger partial charge in [0.25, 0.3) is 0 Å². The van der Waals surface area contributed by atoms with Crippen LogP contribution >= 0.6 is 0 Å². The Balaban J connectivity index is 1.97. The zero-order valence-corrected chi connectivity index (χ0v) is 12.3. The van der Waals surface area contributed by atoms with E-state index in [-0.39, 0.29) is 11.3 Å². The Labute approximate surface area is 119 Å². The van der Waals surface area contributed by atoms with Gasteiger partial charge in [-0.2, -0.15) is 0 Å². The van der Waals surface area contributed by atoms with Gasteiger partial charge >= 0.3 is 0 Å². The Morgan fingerprint density at radius 3 is 2.75 bits per heavy atom. The van der Waals surface area contributed by atoms with E-state index >= 15 is 0 Å². The van der Waals surface area contributed by atoms with Gasteiger partial charge in [0.1, 0.15) is 0 Å². The lowest BCUT2D eigenvalue weighted by Gasteiger charge is -2.26. The molecule has 0 atom stereocenters. The second-order valence-electron chi connectivity index (χ2n) is 5.88. The van der Waals surface area contributed by atoms with Gasteiger partial charge in [-0.15, -0.1) is 0 Å². The van der Waals surface area contributed by atoms with Crippen molar-refractivity contribution in [3.05, 3.63) is 18.0 Å². The highest BCUT2D eigenvalue weighted by Gasteiger charge is 2.21. The average molecular weight is 278 g/mol. The molecule has 0 bridgehead atoms. The van der Waals surface area contributed by atoms with Gasteiger partial charge in [0.2, 0.25) is 11.9 Å². The molecule has 2 heterocycles. The summed E-state index contributed by atoms with van der Waals surface area (Å²) < 4.78 is 5.31. The molecular formula is C14H22N4O2. The molecule has 0 saturated carbocycles. The largest absolute Gasteiger partial charge is 0.378 e. The van der Waals surface area contributed by atoms with Gasteiger partial charge < -0.3 is 15.0 Å². The van der Waals surface area contributed by atoms with Crippen LogP contribution in [0.5, 0.6) is 0 Å². The van der Waals surface area contributed by atoms with E-state index in [1.54, 1.807) is 6.20 Å². The van der Waals surface area contributed by atoms with Crippen LogP contribution in [0.4, 0.5) is 5.95 Å². The van der Waals surface area contributed by atoms with Crippen LogP contribution in [-0.4, -0.2) is 42.2 Å². The third-order valence-electron chi connectivity index (χ3n) is 3.11. The first-order valence-electron chi connectivity index (χ1n) is 6.90. The van der Waals surface area contributed by atoms with E-state index in [0.717, 1.165) is 18.8 Å². The lowest BCUT2D eigenvalue weighted by molar-refractivity contribution is -0.128. The Morgan fingerprint density at radius 1 is 1.40 bits per heavy atom. The minimum atomic E-state index is -0.389. The summed E-state index contributed by atoms with van der Waals surface area (Å²) in [5, 5.41) is 2.90. The summed E-state index contributed by atoms with van der Waals surface area (Å²) in [6, 6.07) is 1.83. The summed E-state index contributed by atoms with van der Waals surface area (Å²) in [5.41, 5.74) is 0.430. The van der Waals surface area contributed by atoms with E-state index in [4.69, 9.17) is 4.74 Å². The lowest BCUT2D eigenvalue weighted by atomic mass is 9.96. The molecule has 1 fully saturated rings. The minimum absolute atomic E-state index is 0.0176. The Bertz CT molecular complexity index is 464. The molecule has 1 aliphatic heterocycles. The molecule has 1 saturated heterocycles. The number of morpholine rings is 1. The van der Waals surface area contributed by atoms with Gasteiger partial charge in [0.15, 0.2) is 0 Å². The molecule has 1 aromatic rings. The molecule has 20 heavy (non-hydrogen) atoms. The van der Waals surface area contributed by atoms with Gasteiger partial charge in [-0.25, -0.2) is 9.97 Å². The van der Waals surface area contributed by atoms with Gasteiger partial charge in [-0.3, -0.25) is 4.79 Å². The van der Waals surface area contributed by atoms with Crippen molar-refractivity contribution < 1.29 is 9.53 Å². The predicted molar refractivity (Wildman–Crippen MR) is 76.4 cm³/mol. The zero-order chi connectivity index (χ0) is 14.6. The molecule has 1 aliphatic rings. The third kappa shape index (κ3) is 3.90. The highest BCUT2D eigenvalue weighted by Crippen LogP contribution is 2.13. The Kier molecular flexibility index (Phi) is 4.54. The van der Waals surface area contributed by atoms with E-state index in [2.05, 4.69) is 20.2 Å². The van der Waals surface area contributed by atoms with Crippen LogP contribution in [0.3, 0.4) is 0 Å². The quantitative estimate of drug-likeness (QED) is 0.892. The fourth-order valence-corrected chi connectivity index (χ4v) is 1.83. The van der Waals surface area contributed by atoms with Crippen LogP contribution in [0.1, 0.15) is 26.5 Å². The number of nitrogens with zero attached hydrogens (tertiary/aromatic N) is 3. The Hall–Kier alpha value is -1.69. The smallest absolute Gasteiger partial charge is 0.225 e. The zero-order valence-electron chi connectivity index (χ0n) is 12.3. The molecule has 0 unspecified atom stereocenters. The number of ether oxygens (including phenoxy) is 1. The summed E-state index contributed by atoms with van der Waals surface area (Å²) in [6.07, 6.45) is 1.73. The van der Waals surface area contributed by atoms with Crippen molar-refractivity contribution in [2.45, 2.75) is 27.3 Å². The molecule has 1 aromatic heterocycles. The highest BCUT2D eigenvalue weighted by atomic mass is 16.5. The number of anilines is 1. The van der Waals surface area contributed by atoms with E-state index in [9.17, 15) is 4.79 Å². The number of hydrogen-bond donors (Lipinski definition) is 1. The molecule has 0 radical (unpaired) electrons. The number of aromatic nitrogens is 2. The van der Waals surface area contributed by atoms with Crippen molar-refractivity contribution in [2.75, 3.05) is 31.2 Å². The molecule has 6 nitrogen and oxygen atoms in total. The maximum atomic E-state index is 11.8. The average Bonchev–Trinajstić information content (AvgIpc) is 2.45. The topological polar surface area (TPSA) is 67.4 Å². The third-order valence-corrected chi connectivity index (χ3v) is 3.11. The first kappa shape index (κ1) is 14.7. The van der Waals surface area contributed by atoms with Crippen LogP contribution < -0.4 is 10.2 Å². The van der Waals surface area contributed by atoms with E-state index in [1.165, 1.54) is 0 Å². The molecule has 2 rings (SSSR count). The second-order valence-corrected chi connectivity index (χ2v) is 5.88. The fourth-order valence-electron chi connectivity index (χ4n) is 1.83. The van der Waals surface area contributed by atoms with Crippen molar-refractivity contribution in [1.82, 2.24) is 15.3 Å². The first-order chi connectivity index (χ1) is 9.47. The highest BCUT2D eigenvalue weighted by molar-refractivity contribution is 5.81. The molecule has 6 heteroatoms. The molecular weight excluding hydrogens is 256 g/mol. The standard InChI is InChI=1S/C14H22N4O2/c1-14(2,3)12(19)16-10-11-4-5-15-13(17-11)18-6-8-20-9-7-18/h4-5H,6-10H2,1-3H3,(H,16,19). The molecule has 0 aliphatic carbocycles. The number of carbonyl (C=O) groups is 1. The summed E-state index contributed by atoms with van der Waals surface area (Å²) in [7, 11) is 0. The van der Waals surface area contributed by atoms with Gasteiger partial charge in [-0.1, -0.05) is 20.8 Å². The second kappa shape index (κ2) is 6.17. The fraction of sp³-hybridized carbons (Fsp3) is 0.643. The number of carbonyl (C=O) groups excluding carboxylic acids is 1. The van der Waals surface area contributed by atoms with Crippen LogP contribution in [0.15, 0.2) is 12.3 Å². The molecule has 0 spiro atoms. The summed E-state index contributed by atoms with van der Waals surface area (Å²) in [5.74, 6) is 0.722. The SMILES string of the molecule is CC(C)(C)C(=O)NCc1ccnc(N2CCOCC2)n1. The monoisotopic (exact) mass is 278 g/mol. The van der Waals surface area contributed by atoms with Gasteiger partial charge in [0, 0.05) is 24.7 Å². The molecule has 110 valence electrons. The minimum Gasteiger partial charge on any atom is -0.378 e. The number of amides is 1. The van der Waals surface area contributed by atoms with E-state index in [0.29, 0.717) is 25.7 Å². The summed E-state index contributed by atoms with van der Waals surface area (Å²) >= 11 is 0. The first-order valence-corrected chi connectivity index (χ1v) is 6.90. The normalized spacial score (nSPS) is 16.1. The van der Waals surface area contributed by atoms with Gasteiger partial charge in [0.05, 0.1) is 25.5 Å². The number of hydrogen-bond acceptors (Lipinski definition) is 5. The van der Waals surface area contributed by atoms with Crippen molar-refractivity contribution in [3.63, 3.8) is 0 Å². The molecule has 0 aromatic carbocycles. The molecule has 1 N–H and O–H groups in total. The lowest BCUT2D eigenvalue weighted by Crippen LogP contribution is -2.38. The van der Waals surface area contributed by atoms with E-state index < -0.39 is 0 Å². The van der Waals surface area contributed by atoms with Crippen LogP contribution in [0, 0.1) is 5.41 Å².